The zero-order valence-corrected chi connectivity index (χ0v) is 11.6. The molecule has 0 aliphatic heterocycles. The molecular weight excluding hydrogens is 270 g/mol. The van der Waals surface area contributed by atoms with Gasteiger partial charge in [-0.2, -0.15) is 0 Å². The zero-order valence-electron chi connectivity index (χ0n) is 11.6. The molecule has 6 heteroatoms. The van der Waals surface area contributed by atoms with Gasteiger partial charge in [0, 0.05) is 18.0 Å². The highest BCUT2D eigenvalue weighted by Crippen LogP contribution is 2.16. The molecule has 0 saturated carbocycles. The monoisotopic (exact) mass is 285 g/mol. The lowest BCUT2D eigenvalue weighted by Gasteiger charge is -2.05. The fourth-order valence-electron chi connectivity index (χ4n) is 1.65. The number of amides is 1. The minimum atomic E-state index is -0.904. The molecule has 0 aliphatic rings. The number of esters is 1. The van der Waals surface area contributed by atoms with E-state index in [1.807, 2.05) is 30.3 Å². The van der Waals surface area contributed by atoms with Crippen LogP contribution in [0, 0.1) is 0 Å². The molecule has 2 aromatic rings. The standard InChI is InChI=1S/C15H15N3O3/c1-2-21-15(20)14(19)18-10-13-16-8-12(9-17-13)11-6-4-3-5-7-11/h3-9H,2,10H2,1H3,(H,18,19). The maximum absolute atomic E-state index is 11.4. The first-order chi connectivity index (χ1) is 10.2. The van der Waals surface area contributed by atoms with Gasteiger partial charge in [-0.25, -0.2) is 14.8 Å². The van der Waals surface area contributed by atoms with Crippen LogP contribution >= 0.6 is 0 Å². The molecule has 1 N–H and O–H groups in total. The Labute approximate surface area is 122 Å². The summed E-state index contributed by atoms with van der Waals surface area (Å²) >= 11 is 0. The Hall–Kier alpha value is -2.76. The first-order valence-electron chi connectivity index (χ1n) is 6.52. The minimum Gasteiger partial charge on any atom is -0.459 e. The van der Waals surface area contributed by atoms with Crippen LogP contribution in [0.15, 0.2) is 42.7 Å². The van der Waals surface area contributed by atoms with Crippen LogP contribution in [0.4, 0.5) is 0 Å². The van der Waals surface area contributed by atoms with E-state index in [0.29, 0.717) is 5.82 Å². The van der Waals surface area contributed by atoms with Crippen LogP contribution in [0.3, 0.4) is 0 Å². The Bertz CT molecular complexity index is 612. The number of hydrogen-bond acceptors (Lipinski definition) is 5. The summed E-state index contributed by atoms with van der Waals surface area (Å²) < 4.78 is 4.58. The van der Waals surface area contributed by atoms with E-state index in [4.69, 9.17) is 0 Å². The Balaban J connectivity index is 1.94. The van der Waals surface area contributed by atoms with Crippen molar-refractivity contribution < 1.29 is 14.3 Å². The smallest absolute Gasteiger partial charge is 0.396 e. The summed E-state index contributed by atoms with van der Waals surface area (Å²) in [7, 11) is 0. The fourth-order valence-corrected chi connectivity index (χ4v) is 1.65. The van der Waals surface area contributed by atoms with E-state index in [0.717, 1.165) is 11.1 Å². The van der Waals surface area contributed by atoms with Crippen LogP contribution < -0.4 is 5.32 Å². The summed E-state index contributed by atoms with van der Waals surface area (Å²) in [4.78, 5) is 30.8. The summed E-state index contributed by atoms with van der Waals surface area (Å²) in [6, 6.07) is 9.72. The topological polar surface area (TPSA) is 81.2 Å². The molecule has 21 heavy (non-hydrogen) atoms. The van der Waals surface area contributed by atoms with Crippen molar-refractivity contribution >= 4 is 11.9 Å². The molecular formula is C15H15N3O3. The molecule has 108 valence electrons. The predicted octanol–water partition coefficient (Wildman–Crippen LogP) is 1.32. The summed E-state index contributed by atoms with van der Waals surface area (Å²) in [5, 5.41) is 2.40. The van der Waals surface area contributed by atoms with Crippen molar-refractivity contribution in [3.8, 4) is 11.1 Å². The second-order valence-corrected chi connectivity index (χ2v) is 4.16. The van der Waals surface area contributed by atoms with Crippen LogP contribution in [-0.4, -0.2) is 28.5 Å². The number of ether oxygens (including phenoxy) is 1. The zero-order chi connectivity index (χ0) is 15.1. The number of aromatic nitrogens is 2. The molecule has 1 heterocycles. The van der Waals surface area contributed by atoms with E-state index >= 15 is 0 Å². The molecule has 0 unspecified atom stereocenters. The number of nitrogens with zero attached hydrogens (tertiary/aromatic N) is 2. The highest BCUT2D eigenvalue weighted by atomic mass is 16.5. The van der Waals surface area contributed by atoms with Gasteiger partial charge in [0.05, 0.1) is 13.2 Å². The average molecular weight is 285 g/mol. The van der Waals surface area contributed by atoms with E-state index in [2.05, 4.69) is 20.0 Å². The summed E-state index contributed by atoms with van der Waals surface area (Å²) in [6.45, 7) is 1.87. The second-order valence-electron chi connectivity index (χ2n) is 4.16. The number of carbonyl (C=O) groups is 2. The molecule has 1 amide bonds. The average Bonchev–Trinajstić information content (AvgIpc) is 2.54. The molecule has 0 bridgehead atoms. The van der Waals surface area contributed by atoms with Crippen LogP contribution in [0.1, 0.15) is 12.7 Å². The maximum Gasteiger partial charge on any atom is 0.396 e. The van der Waals surface area contributed by atoms with Crippen molar-refractivity contribution in [2.24, 2.45) is 0 Å². The third kappa shape index (κ3) is 4.10. The van der Waals surface area contributed by atoms with Crippen molar-refractivity contribution in [1.29, 1.82) is 0 Å². The van der Waals surface area contributed by atoms with Gasteiger partial charge in [-0.1, -0.05) is 30.3 Å². The van der Waals surface area contributed by atoms with Crippen molar-refractivity contribution in [3.63, 3.8) is 0 Å². The van der Waals surface area contributed by atoms with Gasteiger partial charge in [0.25, 0.3) is 0 Å². The third-order valence-electron chi connectivity index (χ3n) is 2.68. The Morgan fingerprint density at radius 2 is 1.76 bits per heavy atom. The lowest BCUT2D eigenvalue weighted by Crippen LogP contribution is -2.32. The molecule has 2 rings (SSSR count). The molecule has 0 fully saturated rings. The molecule has 0 saturated heterocycles. The Morgan fingerprint density at radius 1 is 1.10 bits per heavy atom. The van der Waals surface area contributed by atoms with E-state index in [9.17, 15) is 9.59 Å². The quantitative estimate of drug-likeness (QED) is 0.677. The summed E-state index contributed by atoms with van der Waals surface area (Å²) in [6.07, 6.45) is 3.35. The second kappa shape index (κ2) is 7.14. The van der Waals surface area contributed by atoms with Crippen molar-refractivity contribution in [3.05, 3.63) is 48.5 Å². The van der Waals surface area contributed by atoms with E-state index in [1.165, 1.54) is 0 Å². The van der Waals surface area contributed by atoms with Crippen LogP contribution in [-0.2, 0) is 20.9 Å². The van der Waals surface area contributed by atoms with Gasteiger partial charge in [0.15, 0.2) is 0 Å². The number of hydrogen-bond donors (Lipinski definition) is 1. The molecule has 0 atom stereocenters. The van der Waals surface area contributed by atoms with Gasteiger partial charge in [0.1, 0.15) is 5.82 Å². The van der Waals surface area contributed by atoms with Crippen molar-refractivity contribution in [2.75, 3.05) is 6.61 Å². The van der Waals surface area contributed by atoms with Crippen molar-refractivity contribution in [2.45, 2.75) is 13.5 Å². The Morgan fingerprint density at radius 3 is 2.38 bits per heavy atom. The fraction of sp³-hybridized carbons (Fsp3) is 0.200. The summed E-state index contributed by atoms with van der Waals surface area (Å²) in [5.74, 6) is -1.28. The van der Waals surface area contributed by atoms with Gasteiger partial charge in [-0.15, -0.1) is 0 Å². The summed E-state index contributed by atoms with van der Waals surface area (Å²) in [5.41, 5.74) is 1.90. The maximum atomic E-state index is 11.4. The molecule has 1 aromatic heterocycles. The molecule has 1 aromatic carbocycles. The highest BCUT2D eigenvalue weighted by Gasteiger charge is 2.14. The number of benzene rings is 1. The molecule has 6 nitrogen and oxygen atoms in total. The van der Waals surface area contributed by atoms with Gasteiger partial charge in [0.2, 0.25) is 0 Å². The highest BCUT2D eigenvalue weighted by molar-refractivity contribution is 6.32. The van der Waals surface area contributed by atoms with E-state index < -0.39 is 11.9 Å². The number of carbonyl (C=O) groups excluding carboxylic acids is 2. The minimum absolute atomic E-state index is 0.0761. The largest absolute Gasteiger partial charge is 0.459 e. The van der Waals surface area contributed by atoms with Gasteiger partial charge >= 0.3 is 11.9 Å². The van der Waals surface area contributed by atoms with Gasteiger partial charge in [-0.3, -0.25) is 4.79 Å². The molecule has 0 radical (unpaired) electrons. The van der Waals surface area contributed by atoms with Crippen LogP contribution in [0.5, 0.6) is 0 Å². The SMILES string of the molecule is CCOC(=O)C(=O)NCc1ncc(-c2ccccc2)cn1. The number of rotatable bonds is 4. The molecule has 0 spiro atoms. The van der Waals surface area contributed by atoms with Gasteiger partial charge in [-0.05, 0) is 12.5 Å². The van der Waals surface area contributed by atoms with E-state index in [1.54, 1.807) is 19.3 Å². The van der Waals surface area contributed by atoms with Crippen molar-refractivity contribution in [1.82, 2.24) is 15.3 Å². The normalized spacial score (nSPS) is 9.95. The predicted molar refractivity (Wildman–Crippen MR) is 75.9 cm³/mol. The third-order valence-corrected chi connectivity index (χ3v) is 2.68. The lowest BCUT2D eigenvalue weighted by molar-refractivity contribution is -0.154. The lowest BCUT2D eigenvalue weighted by atomic mass is 10.1. The first kappa shape index (κ1) is 14.6. The molecule has 0 aliphatic carbocycles. The Kier molecular flexibility index (Phi) is 4.98. The van der Waals surface area contributed by atoms with Gasteiger partial charge < -0.3 is 10.1 Å². The number of nitrogens with one attached hydrogen (secondary N) is 1. The van der Waals surface area contributed by atoms with Crippen LogP contribution in [0.2, 0.25) is 0 Å². The first-order valence-corrected chi connectivity index (χ1v) is 6.52. The van der Waals surface area contributed by atoms with Crippen LogP contribution in [0.25, 0.3) is 11.1 Å². The van der Waals surface area contributed by atoms with E-state index in [-0.39, 0.29) is 13.2 Å².